The number of nitrogens with zero attached hydrogens (tertiary/aromatic N) is 5. The highest BCUT2D eigenvalue weighted by Crippen LogP contribution is 2.23. The van der Waals surface area contributed by atoms with Gasteiger partial charge in [-0.25, -0.2) is 9.97 Å². The third-order valence-electron chi connectivity index (χ3n) is 3.38. The molecule has 2 heterocycles. The first-order valence-electron chi connectivity index (χ1n) is 6.77. The van der Waals surface area contributed by atoms with Gasteiger partial charge in [0.25, 0.3) is 0 Å². The number of hydrogen-bond acceptors (Lipinski definition) is 4. The molecule has 0 aliphatic heterocycles. The normalized spacial score (nSPS) is 11.0. The van der Waals surface area contributed by atoms with Crippen LogP contribution in [0.15, 0.2) is 42.9 Å². The summed E-state index contributed by atoms with van der Waals surface area (Å²) in [6, 6.07) is 10.3. The predicted octanol–water partition coefficient (Wildman–Crippen LogP) is 2.61. The van der Waals surface area contributed by atoms with Gasteiger partial charge < -0.3 is 4.90 Å². The lowest BCUT2D eigenvalue weighted by Crippen LogP contribution is -2.26. The minimum Gasteiger partial charge on any atom is -0.350 e. The van der Waals surface area contributed by atoms with E-state index < -0.39 is 0 Å². The Balaban J connectivity index is 1.99. The van der Waals surface area contributed by atoms with Crippen LogP contribution in [0, 0.1) is 0 Å². The molecule has 0 saturated carbocycles. The molecule has 0 aliphatic rings. The van der Waals surface area contributed by atoms with Gasteiger partial charge >= 0.3 is 0 Å². The molecule has 21 heavy (non-hydrogen) atoms. The largest absolute Gasteiger partial charge is 0.350 e. The average Bonchev–Trinajstić information content (AvgIpc) is 2.90. The number of halogens is 1. The Hall–Kier alpha value is -2.14. The maximum atomic E-state index is 5.96. The highest BCUT2D eigenvalue weighted by atomic mass is 35.5. The Morgan fingerprint density at radius 3 is 2.76 bits per heavy atom. The zero-order valence-electron chi connectivity index (χ0n) is 11.8. The van der Waals surface area contributed by atoms with Crippen LogP contribution in [0.3, 0.4) is 0 Å². The van der Waals surface area contributed by atoms with Crippen molar-refractivity contribution in [2.24, 2.45) is 7.05 Å². The summed E-state index contributed by atoms with van der Waals surface area (Å²) >= 11 is 5.96. The number of anilines is 1. The van der Waals surface area contributed by atoms with Gasteiger partial charge in [0.2, 0.25) is 0 Å². The quantitative estimate of drug-likeness (QED) is 0.680. The van der Waals surface area contributed by atoms with Gasteiger partial charge in [-0.1, -0.05) is 30.3 Å². The Bertz CT molecular complexity index is 725. The fourth-order valence-corrected chi connectivity index (χ4v) is 2.57. The minimum absolute atomic E-state index is 0.540. The van der Waals surface area contributed by atoms with Crippen molar-refractivity contribution in [1.82, 2.24) is 19.7 Å². The predicted molar refractivity (Wildman–Crippen MR) is 84.5 cm³/mol. The smallest absolute Gasteiger partial charge is 0.163 e. The van der Waals surface area contributed by atoms with E-state index in [0.29, 0.717) is 5.88 Å². The van der Waals surface area contributed by atoms with Crippen LogP contribution < -0.4 is 4.90 Å². The monoisotopic (exact) mass is 301 g/mol. The van der Waals surface area contributed by atoms with Crippen LogP contribution in [0.5, 0.6) is 0 Å². The molecule has 3 aromatic rings. The van der Waals surface area contributed by atoms with Crippen molar-refractivity contribution in [2.75, 3.05) is 17.3 Å². The maximum Gasteiger partial charge on any atom is 0.163 e. The van der Waals surface area contributed by atoms with E-state index in [4.69, 9.17) is 11.6 Å². The van der Waals surface area contributed by atoms with E-state index in [2.05, 4.69) is 32.1 Å². The average molecular weight is 302 g/mol. The SMILES string of the molecule is Cn1ncc2c(N(CCCl)Cc3ccccc3)ncnc21. The van der Waals surface area contributed by atoms with E-state index in [1.54, 1.807) is 17.2 Å². The fraction of sp³-hybridized carbons (Fsp3) is 0.267. The maximum absolute atomic E-state index is 5.96. The van der Waals surface area contributed by atoms with Crippen molar-refractivity contribution < 1.29 is 0 Å². The Morgan fingerprint density at radius 2 is 2.00 bits per heavy atom. The van der Waals surface area contributed by atoms with Gasteiger partial charge in [-0.05, 0) is 5.56 Å². The van der Waals surface area contributed by atoms with Crippen molar-refractivity contribution >= 4 is 28.5 Å². The topological polar surface area (TPSA) is 46.8 Å². The van der Waals surface area contributed by atoms with Gasteiger partial charge in [0, 0.05) is 26.0 Å². The third-order valence-corrected chi connectivity index (χ3v) is 3.55. The molecule has 108 valence electrons. The van der Waals surface area contributed by atoms with Crippen LogP contribution in [-0.4, -0.2) is 32.2 Å². The van der Waals surface area contributed by atoms with Gasteiger partial charge in [0.1, 0.15) is 12.1 Å². The second-order valence-electron chi connectivity index (χ2n) is 4.80. The lowest BCUT2D eigenvalue weighted by atomic mass is 10.2. The molecule has 0 saturated heterocycles. The van der Waals surface area contributed by atoms with Gasteiger partial charge in [0.15, 0.2) is 5.65 Å². The van der Waals surface area contributed by atoms with E-state index in [9.17, 15) is 0 Å². The molecule has 0 spiro atoms. The van der Waals surface area contributed by atoms with Crippen LogP contribution in [0.25, 0.3) is 11.0 Å². The first-order chi connectivity index (χ1) is 10.3. The second kappa shape index (κ2) is 6.10. The summed E-state index contributed by atoms with van der Waals surface area (Å²) in [6.07, 6.45) is 3.38. The van der Waals surface area contributed by atoms with E-state index in [1.165, 1.54) is 5.56 Å². The number of aromatic nitrogens is 4. The molecule has 0 radical (unpaired) electrons. The number of hydrogen-bond donors (Lipinski definition) is 0. The summed E-state index contributed by atoms with van der Waals surface area (Å²) in [5.74, 6) is 1.41. The second-order valence-corrected chi connectivity index (χ2v) is 5.18. The van der Waals surface area contributed by atoms with Crippen LogP contribution >= 0.6 is 11.6 Å². The zero-order chi connectivity index (χ0) is 14.7. The first kappa shape index (κ1) is 13.8. The molecule has 0 unspecified atom stereocenters. The highest BCUT2D eigenvalue weighted by molar-refractivity contribution is 6.18. The Morgan fingerprint density at radius 1 is 1.19 bits per heavy atom. The summed E-state index contributed by atoms with van der Waals surface area (Å²) < 4.78 is 1.75. The molecular weight excluding hydrogens is 286 g/mol. The molecule has 0 atom stereocenters. The molecule has 0 fully saturated rings. The van der Waals surface area contributed by atoms with Gasteiger partial charge in [0.05, 0.1) is 11.6 Å². The minimum atomic E-state index is 0.540. The van der Waals surface area contributed by atoms with Crippen molar-refractivity contribution in [3.8, 4) is 0 Å². The molecule has 3 rings (SSSR count). The number of rotatable bonds is 5. The lowest BCUT2D eigenvalue weighted by molar-refractivity contribution is 0.783. The summed E-state index contributed by atoms with van der Waals surface area (Å²) in [6.45, 7) is 1.48. The van der Waals surface area contributed by atoms with Gasteiger partial charge in [-0.2, -0.15) is 5.10 Å². The molecule has 0 amide bonds. The molecule has 0 N–H and O–H groups in total. The Kier molecular flexibility index (Phi) is 4.01. The molecule has 6 heteroatoms. The van der Waals surface area contributed by atoms with Crippen molar-refractivity contribution in [3.05, 3.63) is 48.4 Å². The van der Waals surface area contributed by atoms with Crippen molar-refractivity contribution in [1.29, 1.82) is 0 Å². The summed E-state index contributed by atoms with van der Waals surface area (Å²) in [5, 5.41) is 5.21. The van der Waals surface area contributed by atoms with Crippen molar-refractivity contribution in [2.45, 2.75) is 6.54 Å². The molecular formula is C15H16ClN5. The third kappa shape index (κ3) is 2.83. The van der Waals surface area contributed by atoms with Gasteiger partial charge in [-0.3, -0.25) is 4.68 Å². The molecule has 5 nitrogen and oxygen atoms in total. The van der Waals surface area contributed by atoms with E-state index in [-0.39, 0.29) is 0 Å². The zero-order valence-corrected chi connectivity index (χ0v) is 12.5. The molecule has 0 bridgehead atoms. The summed E-state index contributed by atoms with van der Waals surface area (Å²) in [5.41, 5.74) is 2.05. The van der Waals surface area contributed by atoms with Crippen LogP contribution in [0.2, 0.25) is 0 Å². The van der Waals surface area contributed by atoms with Crippen LogP contribution in [0.1, 0.15) is 5.56 Å². The number of fused-ring (bicyclic) bond motifs is 1. The van der Waals surface area contributed by atoms with Crippen LogP contribution in [0.4, 0.5) is 5.82 Å². The first-order valence-corrected chi connectivity index (χ1v) is 7.30. The molecule has 2 aromatic heterocycles. The van der Waals surface area contributed by atoms with E-state index >= 15 is 0 Å². The highest BCUT2D eigenvalue weighted by Gasteiger charge is 2.14. The van der Waals surface area contributed by atoms with Crippen LogP contribution in [-0.2, 0) is 13.6 Å². The summed E-state index contributed by atoms with van der Waals surface area (Å²) in [4.78, 5) is 10.9. The molecule has 1 aromatic carbocycles. The van der Waals surface area contributed by atoms with Gasteiger partial charge in [-0.15, -0.1) is 11.6 Å². The Labute approximate surface area is 128 Å². The van der Waals surface area contributed by atoms with E-state index in [0.717, 1.165) is 29.9 Å². The number of aryl methyl sites for hydroxylation is 1. The molecule has 0 aliphatic carbocycles. The van der Waals surface area contributed by atoms with Crippen molar-refractivity contribution in [3.63, 3.8) is 0 Å². The lowest BCUT2D eigenvalue weighted by Gasteiger charge is -2.23. The summed E-state index contributed by atoms with van der Waals surface area (Å²) in [7, 11) is 1.88. The number of benzene rings is 1. The fourth-order valence-electron chi connectivity index (χ4n) is 2.37. The standard InChI is InChI=1S/C15H16ClN5/c1-20-14-13(9-19-20)15(18-11-17-14)21(8-7-16)10-12-5-3-2-4-6-12/h2-6,9,11H,7-8,10H2,1H3. The van der Waals surface area contributed by atoms with E-state index in [1.807, 2.05) is 25.2 Å². The number of alkyl halides is 1.